The Kier molecular flexibility index (Phi) is 7.35. The third-order valence-corrected chi connectivity index (χ3v) is 4.82. The number of ether oxygens (including phenoxy) is 2. The summed E-state index contributed by atoms with van der Waals surface area (Å²) in [6.07, 6.45) is -6.48. The van der Waals surface area contributed by atoms with Crippen molar-refractivity contribution in [2.45, 2.75) is 43.5 Å². The molecule has 0 saturated carbocycles. The number of aliphatic hydroxyl groups is 4. The fraction of sp³-hybridized carbons (Fsp3) is 0.381. The van der Waals surface area contributed by atoms with Gasteiger partial charge in [-0.15, -0.1) is 0 Å². The largest absolute Gasteiger partial charge is 0.462 e. The number of rotatable bonds is 7. The molecule has 8 nitrogen and oxygen atoms in total. The Hall–Kier alpha value is -2.56. The molecule has 0 aromatic heterocycles. The quantitative estimate of drug-likeness (QED) is 0.442. The lowest BCUT2D eigenvalue weighted by atomic mass is 9.99. The maximum absolute atomic E-state index is 13.6. The summed E-state index contributed by atoms with van der Waals surface area (Å²) in [7, 11) is 0. The Balaban J connectivity index is 1.53. The highest BCUT2D eigenvalue weighted by molar-refractivity contribution is 5.90. The van der Waals surface area contributed by atoms with E-state index in [1.54, 1.807) is 30.3 Å². The first-order valence-electron chi connectivity index (χ1n) is 9.49. The molecule has 1 saturated heterocycles. The summed E-state index contributed by atoms with van der Waals surface area (Å²) in [6, 6.07) is 12.5. The molecule has 1 heterocycles. The smallest absolute Gasteiger partial charge is 0.229 e. The molecule has 9 heteroatoms. The number of amides is 1. The van der Waals surface area contributed by atoms with Crippen LogP contribution < -0.4 is 10.1 Å². The summed E-state index contributed by atoms with van der Waals surface area (Å²) in [5.41, 5.74) is 0.964. The first kappa shape index (κ1) is 22.1. The fourth-order valence-electron chi connectivity index (χ4n) is 3.09. The minimum Gasteiger partial charge on any atom is -0.462 e. The normalized spacial score (nSPS) is 26.2. The van der Waals surface area contributed by atoms with E-state index in [0.717, 1.165) is 0 Å². The maximum atomic E-state index is 13.6. The first-order valence-corrected chi connectivity index (χ1v) is 9.49. The van der Waals surface area contributed by atoms with E-state index in [-0.39, 0.29) is 30.3 Å². The van der Waals surface area contributed by atoms with Crippen molar-refractivity contribution in [3.8, 4) is 5.75 Å². The fourth-order valence-corrected chi connectivity index (χ4v) is 3.09. The van der Waals surface area contributed by atoms with E-state index in [1.165, 1.54) is 18.2 Å². The number of nitrogens with one attached hydrogen (secondary N) is 1. The van der Waals surface area contributed by atoms with Crippen LogP contribution in [0.4, 0.5) is 10.1 Å². The van der Waals surface area contributed by atoms with Gasteiger partial charge in [0, 0.05) is 12.1 Å². The Morgan fingerprint density at radius 3 is 2.40 bits per heavy atom. The van der Waals surface area contributed by atoms with Crippen LogP contribution in [-0.4, -0.2) is 63.6 Å². The van der Waals surface area contributed by atoms with Gasteiger partial charge < -0.3 is 35.2 Å². The molecule has 5 N–H and O–H groups in total. The minimum absolute atomic E-state index is 0.115. The van der Waals surface area contributed by atoms with Crippen molar-refractivity contribution in [3.63, 3.8) is 0 Å². The number of aliphatic hydroxyl groups excluding tert-OH is 4. The number of carbonyl (C=O) groups excluding carboxylic acids is 1. The molecule has 30 heavy (non-hydrogen) atoms. The van der Waals surface area contributed by atoms with Gasteiger partial charge in [-0.1, -0.05) is 18.2 Å². The van der Waals surface area contributed by atoms with Crippen LogP contribution in [0.25, 0.3) is 0 Å². The highest BCUT2D eigenvalue weighted by Gasteiger charge is 2.44. The van der Waals surface area contributed by atoms with E-state index in [9.17, 15) is 29.6 Å². The van der Waals surface area contributed by atoms with Gasteiger partial charge in [0.05, 0.1) is 6.61 Å². The molecular weight excluding hydrogens is 397 g/mol. The van der Waals surface area contributed by atoms with Crippen molar-refractivity contribution in [2.24, 2.45) is 0 Å². The SMILES string of the molecule is O=C(CCc1ccccc1F)Nc1ccc(O[C@@H]2O[C@H](CO)[C@@H](O)[C@H](O)[C@H]2O)cc1. The third-order valence-electron chi connectivity index (χ3n) is 4.82. The van der Waals surface area contributed by atoms with Crippen LogP contribution in [0.3, 0.4) is 0 Å². The van der Waals surface area contributed by atoms with Gasteiger partial charge in [-0.2, -0.15) is 0 Å². The number of anilines is 1. The molecule has 1 aliphatic rings. The Labute approximate surface area is 172 Å². The lowest BCUT2D eigenvalue weighted by Gasteiger charge is -2.39. The van der Waals surface area contributed by atoms with Gasteiger partial charge in [0.15, 0.2) is 0 Å². The van der Waals surface area contributed by atoms with E-state index in [1.807, 2.05) is 0 Å². The van der Waals surface area contributed by atoms with Crippen LogP contribution in [0.15, 0.2) is 48.5 Å². The van der Waals surface area contributed by atoms with Crippen LogP contribution in [-0.2, 0) is 16.0 Å². The van der Waals surface area contributed by atoms with E-state index < -0.39 is 37.3 Å². The minimum atomic E-state index is -1.53. The standard InChI is InChI=1S/C21H24FNO7/c22-15-4-2-1-3-12(15)5-10-17(25)23-13-6-8-14(9-7-13)29-21-20(28)19(27)18(26)16(11-24)30-21/h1-4,6-9,16,18-21,24,26-28H,5,10-11H2,(H,23,25)/t16-,18-,19+,20-,21-/m1/s1. The summed E-state index contributed by atoms with van der Waals surface area (Å²) in [4.78, 5) is 12.1. The summed E-state index contributed by atoms with van der Waals surface area (Å²) in [6.45, 7) is -0.553. The molecule has 3 rings (SSSR count). The number of hydrogen-bond donors (Lipinski definition) is 5. The van der Waals surface area contributed by atoms with Gasteiger partial charge in [0.1, 0.15) is 36.0 Å². The van der Waals surface area contributed by atoms with Crippen molar-refractivity contribution in [3.05, 3.63) is 59.9 Å². The molecule has 1 aliphatic heterocycles. The van der Waals surface area contributed by atoms with Crippen LogP contribution in [0.2, 0.25) is 0 Å². The highest BCUT2D eigenvalue weighted by atomic mass is 19.1. The van der Waals surface area contributed by atoms with Gasteiger partial charge in [-0.3, -0.25) is 4.79 Å². The molecule has 0 radical (unpaired) electrons. The van der Waals surface area contributed by atoms with Crippen molar-refractivity contribution >= 4 is 11.6 Å². The number of benzene rings is 2. The molecule has 2 aromatic rings. The highest BCUT2D eigenvalue weighted by Crippen LogP contribution is 2.25. The van der Waals surface area contributed by atoms with E-state index in [4.69, 9.17) is 9.47 Å². The second-order valence-electron chi connectivity index (χ2n) is 6.98. The molecule has 1 fully saturated rings. The lowest BCUT2D eigenvalue weighted by Crippen LogP contribution is -2.60. The van der Waals surface area contributed by atoms with Crippen molar-refractivity contribution in [1.29, 1.82) is 0 Å². The molecule has 0 spiro atoms. The van der Waals surface area contributed by atoms with Gasteiger partial charge in [-0.05, 0) is 42.3 Å². The van der Waals surface area contributed by atoms with E-state index in [0.29, 0.717) is 11.3 Å². The Morgan fingerprint density at radius 1 is 1.03 bits per heavy atom. The van der Waals surface area contributed by atoms with Gasteiger partial charge in [0.2, 0.25) is 12.2 Å². The van der Waals surface area contributed by atoms with Crippen molar-refractivity contribution in [2.75, 3.05) is 11.9 Å². The predicted molar refractivity (Wildman–Crippen MR) is 104 cm³/mol. The van der Waals surface area contributed by atoms with Crippen LogP contribution in [0.1, 0.15) is 12.0 Å². The van der Waals surface area contributed by atoms with Crippen molar-refractivity contribution < 1.29 is 39.1 Å². The molecule has 162 valence electrons. The van der Waals surface area contributed by atoms with Crippen LogP contribution in [0.5, 0.6) is 5.75 Å². The monoisotopic (exact) mass is 421 g/mol. The van der Waals surface area contributed by atoms with E-state index in [2.05, 4.69) is 5.32 Å². The summed E-state index contributed by atoms with van der Waals surface area (Å²) in [5, 5.41) is 41.5. The number of hydrogen-bond acceptors (Lipinski definition) is 7. The predicted octanol–water partition coefficient (Wildman–Crippen LogP) is 0.576. The zero-order valence-electron chi connectivity index (χ0n) is 16.0. The second kappa shape index (κ2) is 9.96. The molecule has 0 unspecified atom stereocenters. The molecular formula is C21H24FNO7. The van der Waals surface area contributed by atoms with Crippen LogP contribution >= 0.6 is 0 Å². The van der Waals surface area contributed by atoms with Crippen molar-refractivity contribution in [1.82, 2.24) is 0 Å². The molecule has 1 amide bonds. The average molecular weight is 421 g/mol. The lowest BCUT2D eigenvalue weighted by molar-refractivity contribution is -0.277. The average Bonchev–Trinajstić information content (AvgIpc) is 2.75. The van der Waals surface area contributed by atoms with Crippen LogP contribution in [0, 0.1) is 5.82 Å². The second-order valence-corrected chi connectivity index (χ2v) is 6.98. The summed E-state index contributed by atoms with van der Waals surface area (Å²) in [5.74, 6) is -0.343. The van der Waals surface area contributed by atoms with Gasteiger partial charge in [-0.25, -0.2) is 4.39 Å². The topological polar surface area (TPSA) is 128 Å². The Morgan fingerprint density at radius 2 is 1.73 bits per heavy atom. The third kappa shape index (κ3) is 5.32. The van der Waals surface area contributed by atoms with Gasteiger partial charge in [0.25, 0.3) is 0 Å². The molecule has 2 aromatic carbocycles. The molecule has 0 bridgehead atoms. The summed E-state index contributed by atoms with van der Waals surface area (Å²) < 4.78 is 24.4. The van der Waals surface area contributed by atoms with E-state index >= 15 is 0 Å². The number of aryl methyl sites for hydroxylation is 1. The number of halogens is 1. The number of carbonyl (C=O) groups is 1. The zero-order chi connectivity index (χ0) is 21.7. The van der Waals surface area contributed by atoms with Gasteiger partial charge >= 0.3 is 0 Å². The molecule has 0 aliphatic carbocycles. The summed E-state index contributed by atoms with van der Waals surface area (Å²) >= 11 is 0. The zero-order valence-corrected chi connectivity index (χ0v) is 16.0. The maximum Gasteiger partial charge on any atom is 0.229 e. The molecule has 5 atom stereocenters. The first-order chi connectivity index (χ1) is 14.4. The Bertz CT molecular complexity index is 846.